The van der Waals surface area contributed by atoms with E-state index in [4.69, 9.17) is 5.11 Å². The number of aliphatic carboxylic acids is 1. The molecule has 1 fully saturated rings. The Bertz CT molecular complexity index is 377. The SMILES string of the molecule is O=C(O)C1C(C(F)(F)F)SC2=CC=CCN21. The van der Waals surface area contributed by atoms with Gasteiger partial charge in [0.05, 0.1) is 5.03 Å². The van der Waals surface area contributed by atoms with E-state index in [-0.39, 0.29) is 6.54 Å². The van der Waals surface area contributed by atoms with Crippen LogP contribution in [-0.2, 0) is 4.79 Å². The highest BCUT2D eigenvalue weighted by Crippen LogP contribution is 2.47. The van der Waals surface area contributed by atoms with Gasteiger partial charge in [0.1, 0.15) is 11.3 Å². The van der Waals surface area contributed by atoms with Gasteiger partial charge in [-0.25, -0.2) is 4.79 Å². The first-order chi connectivity index (χ1) is 7.41. The smallest absolute Gasteiger partial charge is 0.403 e. The summed E-state index contributed by atoms with van der Waals surface area (Å²) in [7, 11) is 0. The molecule has 2 rings (SSSR count). The van der Waals surface area contributed by atoms with Crippen LogP contribution in [0.3, 0.4) is 0 Å². The van der Waals surface area contributed by atoms with Gasteiger partial charge in [0.2, 0.25) is 0 Å². The van der Waals surface area contributed by atoms with E-state index in [1.807, 2.05) is 0 Å². The average Bonchev–Trinajstić information content (AvgIpc) is 2.55. The first-order valence-corrected chi connectivity index (χ1v) is 5.39. The molecule has 0 bridgehead atoms. The van der Waals surface area contributed by atoms with Crippen molar-refractivity contribution in [3.8, 4) is 0 Å². The van der Waals surface area contributed by atoms with Gasteiger partial charge in [-0.3, -0.25) is 0 Å². The highest BCUT2D eigenvalue weighted by atomic mass is 32.2. The fourth-order valence-electron chi connectivity index (χ4n) is 1.73. The van der Waals surface area contributed by atoms with Gasteiger partial charge in [0, 0.05) is 6.54 Å². The number of carboxylic acid groups (broad SMARTS) is 1. The van der Waals surface area contributed by atoms with E-state index in [0.29, 0.717) is 16.8 Å². The van der Waals surface area contributed by atoms with Crippen molar-refractivity contribution in [3.05, 3.63) is 23.3 Å². The summed E-state index contributed by atoms with van der Waals surface area (Å²) in [5.41, 5.74) is 0. The van der Waals surface area contributed by atoms with Crippen LogP contribution in [0.4, 0.5) is 13.2 Å². The molecule has 2 atom stereocenters. The first kappa shape index (κ1) is 11.4. The van der Waals surface area contributed by atoms with Crippen molar-refractivity contribution in [3.63, 3.8) is 0 Å². The zero-order valence-corrected chi connectivity index (χ0v) is 8.76. The number of hydrogen-bond acceptors (Lipinski definition) is 3. The second kappa shape index (κ2) is 3.73. The summed E-state index contributed by atoms with van der Waals surface area (Å²) in [4.78, 5) is 12.2. The Kier molecular flexibility index (Phi) is 2.65. The molecule has 1 N–H and O–H groups in total. The number of thioether (sulfide) groups is 1. The predicted octanol–water partition coefficient (Wildman–Crippen LogP) is 1.83. The highest BCUT2D eigenvalue weighted by molar-refractivity contribution is 8.04. The van der Waals surface area contributed by atoms with Crippen molar-refractivity contribution < 1.29 is 23.1 Å². The summed E-state index contributed by atoms with van der Waals surface area (Å²) >= 11 is 0.568. The molecule has 0 spiro atoms. The van der Waals surface area contributed by atoms with Crippen LogP contribution in [0.2, 0.25) is 0 Å². The molecule has 2 unspecified atom stereocenters. The standard InChI is InChI=1S/C9H8F3NO2S/c10-9(11,12)7-6(8(14)15)13-4-2-1-3-5(13)16-7/h1-3,6-7H,4H2,(H,14,15). The lowest BCUT2D eigenvalue weighted by Crippen LogP contribution is -2.47. The molecule has 0 aromatic rings. The number of alkyl halides is 3. The third kappa shape index (κ3) is 1.79. The van der Waals surface area contributed by atoms with Crippen molar-refractivity contribution >= 4 is 17.7 Å². The fourth-order valence-corrected chi connectivity index (χ4v) is 3.00. The summed E-state index contributed by atoms with van der Waals surface area (Å²) in [6.07, 6.45) is 0.275. The van der Waals surface area contributed by atoms with Crippen LogP contribution in [0.1, 0.15) is 0 Å². The Balaban J connectivity index is 2.33. The van der Waals surface area contributed by atoms with Crippen LogP contribution in [0.5, 0.6) is 0 Å². The van der Waals surface area contributed by atoms with Crippen LogP contribution < -0.4 is 0 Å². The maximum Gasteiger partial charge on any atom is 0.403 e. The van der Waals surface area contributed by atoms with Crippen molar-refractivity contribution in [1.29, 1.82) is 0 Å². The van der Waals surface area contributed by atoms with Gasteiger partial charge in [0.25, 0.3) is 0 Å². The van der Waals surface area contributed by atoms with Gasteiger partial charge in [-0.15, -0.1) is 0 Å². The molecule has 16 heavy (non-hydrogen) atoms. The molecular formula is C9H8F3NO2S. The molecule has 7 heteroatoms. The normalized spacial score (nSPS) is 28.9. The largest absolute Gasteiger partial charge is 0.480 e. The number of nitrogens with zero attached hydrogens (tertiary/aromatic N) is 1. The lowest BCUT2D eigenvalue weighted by molar-refractivity contribution is -0.158. The molecule has 2 aliphatic heterocycles. The topological polar surface area (TPSA) is 40.5 Å². The quantitative estimate of drug-likeness (QED) is 0.772. The summed E-state index contributed by atoms with van der Waals surface area (Å²) < 4.78 is 38.0. The maximum atomic E-state index is 12.7. The molecule has 0 amide bonds. The van der Waals surface area contributed by atoms with Gasteiger partial charge in [-0.1, -0.05) is 23.9 Å². The second-order valence-electron chi connectivity index (χ2n) is 3.45. The van der Waals surface area contributed by atoms with Gasteiger partial charge in [0.15, 0.2) is 0 Å². The fraction of sp³-hybridized carbons (Fsp3) is 0.444. The number of carboxylic acids is 1. The van der Waals surface area contributed by atoms with Gasteiger partial charge < -0.3 is 10.0 Å². The summed E-state index contributed by atoms with van der Waals surface area (Å²) in [5, 5.41) is 7.36. The third-order valence-corrected chi connectivity index (χ3v) is 3.80. The van der Waals surface area contributed by atoms with Crippen LogP contribution in [0, 0.1) is 0 Å². The Hall–Kier alpha value is -1.11. The van der Waals surface area contributed by atoms with E-state index in [1.165, 1.54) is 11.0 Å². The van der Waals surface area contributed by atoms with Crippen molar-refractivity contribution in [2.24, 2.45) is 0 Å². The van der Waals surface area contributed by atoms with Crippen LogP contribution in [0.25, 0.3) is 0 Å². The monoisotopic (exact) mass is 251 g/mol. The number of allylic oxidation sites excluding steroid dienone is 2. The van der Waals surface area contributed by atoms with E-state index in [1.54, 1.807) is 12.2 Å². The number of fused-ring (bicyclic) bond motifs is 1. The minimum absolute atomic E-state index is 0.211. The number of hydrogen-bond donors (Lipinski definition) is 1. The van der Waals surface area contributed by atoms with Crippen molar-refractivity contribution in [1.82, 2.24) is 4.90 Å². The molecule has 0 radical (unpaired) electrons. The van der Waals surface area contributed by atoms with E-state index < -0.39 is 23.4 Å². The Labute approximate surface area is 93.6 Å². The molecule has 0 saturated carbocycles. The Morgan fingerprint density at radius 1 is 1.56 bits per heavy atom. The molecule has 0 aromatic carbocycles. The molecule has 88 valence electrons. The highest BCUT2D eigenvalue weighted by Gasteiger charge is 2.55. The summed E-state index contributed by atoms with van der Waals surface area (Å²) in [6, 6.07) is -1.53. The van der Waals surface area contributed by atoms with Crippen LogP contribution in [0.15, 0.2) is 23.3 Å². The third-order valence-electron chi connectivity index (χ3n) is 2.41. The molecule has 3 nitrogen and oxygen atoms in total. The minimum Gasteiger partial charge on any atom is -0.480 e. The molecule has 0 aliphatic carbocycles. The van der Waals surface area contributed by atoms with Gasteiger partial charge in [-0.2, -0.15) is 13.2 Å². The first-order valence-electron chi connectivity index (χ1n) is 4.51. The summed E-state index contributed by atoms with van der Waals surface area (Å²) in [5.74, 6) is -1.44. The number of carbonyl (C=O) groups is 1. The molecule has 2 aliphatic rings. The Morgan fingerprint density at radius 2 is 2.25 bits per heavy atom. The van der Waals surface area contributed by atoms with Crippen molar-refractivity contribution in [2.75, 3.05) is 6.54 Å². The molecule has 0 aromatic heterocycles. The minimum atomic E-state index is -4.51. The second-order valence-corrected chi connectivity index (χ2v) is 4.61. The molecular weight excluding hydrogens is 243 g/mol. The molecule has 2 heterocycles. The van der Waals surface area contributed by atoms with Gasteiger partial charge >= 0.3 is 12.1 Å². The predicted molar refractivity (Wildman–Crippen MR) is 52.8 cm³/mol. The summed E-state index contributed by atoms with van der Waals surface area (Å²) in [6.45, 7) is 0.211. The lowest BCUT2D eigenvalue weighted by Gasteiger charge is -2.26. The van der Waals surface area contributed by atoms with Gasteiger partial charge in [-0.05, 0) is 6.08 Å². The van der Waals surface area contributed by atoms with E-state index in [2.05, 4.69) is 0 Å². The number of halogens is 3. The van der Waals surface area contributed by atoms with E-state index >= 15 is 0 Å². The zero-order valence-electron chi connectivity index (χ0n) is 7.94. The zero-order chi connectivity index (χ0) is 11.9. The van der Waals surface area contributed by atoms with Crippen LogP contribution in [-0.4, -0.2) is 40.0 Å². The molecule has 1 saturated heterocycles. The maximum absolute atomic E-state index is 12.7. The van der Waals surface area contributed by atoms with E-state index in [9.17, 15) is 18.0 Å². The van der Waals surface area contributed by atoms with Crippen LogP contribution >= 0.6 is 11.8 Å². The van der Waals surface area contributed by atoms with Crippen molar-refractivity contribution in [2.45, 2.75) is 17.5 Å². The average molecular weight is 251 g/mol. The van der Waals surface area contributed by atoms with E-state index in [0.717, 1.165) is 0 Å². The lowest BCUT2D eigenvalue weighted by atomic mass is 10.1. The Morgan fingerprint density at radius 3 is 2.81 bits per heavy atom. The number of rotatable bonds is 1.